The third kappa shape index (κ3) is 2.45. The zero-order valence-corrected chi connectivity index (χ0v) is 14.5. The molecule has 1 aliphatic carbocycles. The van der Waals surface area contributed by atoms with Gasteiger partial charge in [-0.2, -0.15) is 0 Å². The first kappa shape index (κ1) is 15.0. The first-order valence-electron chi connectivity index (χ1n) is 9.54. The molecule has 2 aliphatic heterocycles. The second kappa shape index (κ2) is 5.91. The van der Waals surface area contributed by atoms with E-state index in [1.807, 2.05) is 0 Å². The molecule has 0 unspecified atom stereocenters. The lowest BCUT2D eigenvalue weighted by molar-refractivity contribution is 0.194. The maximum atomic E-state index is 6.47. The topological polar surface area (TPSA) is 41.6 Å². The van der Waals surface area contributed by atoms with Gasteiger partial charge in [-0.15, -0.1) is 0 Å². The Labute approximate surface area is 149 Å². The van der Waals surface area contributed by atoms with E-state index in [4.69, 9.17) is 10.7 Å². The number of rotatable bonds is 3. The number of hydrogen-bond acceptors (Lipinski definition) is 3. The van der Waals surface area contributed by atoms with E-state index in [1.165, 1.54) is 36.0 Å². The third-order valence-corrected chi connectivity index (χ3v) is 6.42. The lowest BCUT2D eigenvalue weighted by Gasteiger charge is -2.40. The fraction of sp³-hybridized carbons (Fsp3) is 0.409. The Kier molecular flexibility index (Phi) is 3.54. The van der Waals surface area contributed by atoms with Crippen molar-refractivity contribution >= 4 is 5.96 Å². The van der Waals surface area contributed by atoms with Gasteiger partial charge in [0, 0.05) is 18.0 Å². The summed E-state index contributed by atoms with van der Waals surface area (Å²) in [5.74, 6) is 1.38. The summed E-state index contributed by atoms with van der Waals surface area (Å²) in [4.78, 5) is 7.42. The molecule has 2 aromatic carbocycles. The summed E-state index contributed by atoms with van der Waals surface area (Å²) in [6, 6.07) is 21.0. The minimum absolute atomic E-state index is 0.283. The number of benzene rings is 2. The fourth-order valence-corrected chi connectivity index (χ4v) is 5.28. The highest BCUT2D eigenvalue weighted by molar-refractivity contribution is 5.80. The van der Waals surface area contributed by atoms with Gasteiger partial charge in [0.05, 0.1) is 6.04 Å². The first-order chi connectivity index (χ1) is 12.3. The second-order valence-corrected chi connectivity index (χ2v) is 7.73. The van der Waals surface area contributed by atoms with Crippen molar-refractivity contribution in [1.82, 2.24) is 4.90 Å². The van der Waals surface area contributed by atoms with Crippen LogP contribution < -0.4 is 5.73 Å². The van der Waals surface area contributed by atoms with Crippen LogP contribution in [0.2, 0.25) is 0 Å². The summed E-state index contributed by atoms with van der Waals surface area (Å²) >= 11 is 0. The van der Waals surface area contributed by atoms with Gasteiger partial charge < -0.3 is 10.6 Å². The van der Waals surface area contributed by atoms with E-state index in [1.54, 1.807) is 0 Å². The van der Waals surface area contributed by atoms with Crippen LogP contribution in [-0.4, -0.2) is 22.9 Å². The molecule has 128 valence electrons. The minimum Gasteiger partial charge on any atom is -0.370 e. The van der Waals surface area contributed by atoms with Crippen molar-refractivity contribution in [1.29, 1.82) is 0 Å². The van der Waals surface area contributed by atoms with E-state index in [0.29, 0.717) is 18.0 Å². The monoisotopic (exact) mass is 331 g/mol. The van der Waals surface area contributed by atoms with Crippen LogP contribution in [-0.2, 0) is 12.8 Å². The van der Waals surface area contributed by atoms with Crippen LogP contribution in [0.5, 0.6) is 0 Å². The van der Waals surface area contributed by atoms with Crippen LogP contribution >= 0.6 is 0 Å². The Balaban J connectivity index is 1.37. The molecule has 0 saturated carbocycles. The van der Waals surface area contributed by atoms with Crippen molar-refractivity contribution in [3.8, 4) is 0 Å². The molecule has 0 bridgehead atoms. The highest BCUT2D eigenvalue weighted by Gasteiger charge is 2.48. The molecule has 4 atom stereocenters. The highest BCUT2D eigenvalue weighted by atomic mass is 15.3. The van der Waals surface area contributed by atoms with Crippen molar-refractivity contribution in [3.05, 3.63) is 71.3 Å². The van der Waals surface area contributed by atoms with E-state index in [0.717, 1.165) is 18.8 Å². The standard InChI is InChI=1S/C22H25N3/c23-22-24-21-18-9-5-4-8-16(18)14-19(21)20-13-12-17(25(20)22)11-10-15-6-2-1-3-7-15/h1-9,17,19-21H,10-14H2,(H2,23,24)/t17-,19-,20+,21-/m0/s1. The number of aliphatic imine (C=N–C) groups is 1. The molecular weight excluding hydrogens is 306 g/mol. The van der Waals surface area contributed by atoms with Crippen LogP contribution in [0.3, 0.4) is 0 Å². The lowest BCUT2D eigenvalue weighted by atomic mass is 9.90. The quantitative estimate of drug-likeness (QED) is 0.932. The summed E-state index contributed by atoms with van der Waals surface area (Å²) in [5.41, 5.74) is 10.8. The van der Waals surface area contributed by atoms with Crippen molar-refractivity contribution in [2.24, 2.45) is 16.6 Å². The molecule has 2 aromatic rings. The van der Waals surface area contributed by atoms with Gasteiger partial charge in [-0.05, 0) is 48.8 Å². The fourth-order valence-electron chi connectivity index (χ4n) is 5.28. The van der Waals surface area contributed by atoms with Gasteiger partial charge in [0.2, 0.25) is 0 Å². The maximum absolute atomic E-state index is 6.47. The lowest BCUT2D eigenvalue weighted by Crippen LogP contribution is -2.52. The molecule has 3 aliphatic rings. The average molecular weight is 331 g/mol. The van der Waals surface area contributed by atoms with Crippen molar-refractivity contribution in [3.63, 3.8) is 0 Å². The molecule has 1 fully saturated rings. The number of guanidine groups is 1. The molecule has 0 amide bonds. The molecule has 0 radical (unpaired) electrons. The van der Waals surface area contributed by atoms with E-state index >= 15 is 0 Å². The summed E-state index contributed by atoms with van der Waals surface area (Å²) in [5, 5.41) is 0. The van der Waals surface area contributed by atoms with Crippen LogP contribution in [0.1, 0.15) is 42.0 Å². The molecule has 2 N–H and O–H groups in total. The first-order valence-corrected chi connectivity index (χ1v) is 9.54. The number of aryl methyl sites for hydroxylation is 1. The molecule has 25 heavy (non-hydrogen) atoms. The Morgan fingerprint density at radius 3 is 2.68 bits per heavy atom. The molecular formula is C22H25N3. The summed E-state index contributed by atoms with van der Waals surface area (Å²) in [6.45, 7) is 0. The molecule has 2 heterocycles. The predicted molar refractivity (Wildman–Crippen MR) is 101 cm³/mol. The molecule has 0 aromatic heterocycles. The van der Waals surface area contributed by atoms with Crippen LogP contribution in [0.15, 0.2) is 59.6 Å². The van der Waals surface area contributed by atoms with Crippen molar-refractivity contribution in [2.45, 2.75) is 50.2 Å². The zero-order valence-electron chi connectivity index (χ0n) is 14.5. The van der Waals surface area contributed by atoms with Crippen LogP contribution in [0.4, 0.5) is 0 Å². The second-order valence-electron chi connectivity index (χ2n) is 7.73. The Morgan fingerprint density at radius 1 is 1.00 bits per heavy atom. The van der Waals surface area contributed by atoms with E-state index in [9.17, 15) is 0 Å². The van der Waals surface area contributed by atoms with Gasteiger partial charge in [0.15, 0.2) is 5.96 Å². The highest BCUT2D eigenvalue weighted by Crippen LogP contribution is 2.48. The molecule has 0 spiro atoms. The minimum atomic E-state index is 0.283. The molecule has 3 nitrogen and oxygen atoms in total. The normalized spacial score (nSPS) is 29.8. The number of nitrogens with two attached hydrogens (primary N) is 1. The van der Waals surface area contributed by atoms with Gasteiger partial charge in [0.25, 0.3) is 0 Å². The van der Waals surface area contributed by atoms with E-state index in [2.05, 4.69) is 59.5 Å². The zero-order chi connectivity index (χ0) is 16.8. The van der Waals surface area contributed by atoms with Crippen molar-refractivity contribution < 1.29 is 0 Å². The Morgan fingerprint density at radius 2 is 1.80 bits per heavy atom. The van der Waals surface area contributed by atoms with E-state index < -0.39 is 0 Å². The largest absolute Gasteiger partial charge is 0.370 e. The van der Waals surface area contributed by atoms with E-state index in [-0.39, 0.29) is 6.04 Å². The Hall–Kier alpha value is -2.29. The molecule has 5 rings (SSSR count). The smallest absolute Gasteiger partial charge is 0.192 e. The Bertz CT molecular complexity index is 798. The third-order valence-electron chi connectivity index (χ3n) is 6.42. The van der Waals surface area contributed by atoms with Gasteiger partial charge in [-0.1, -0.05) is 54.6 Å². The van der Waals surface area contributed by atoms with Crippen molar-refractivity contribution in [2.75, 3.05) is 0 Å². The number of fused-ring (bicyclic) bond motifs is 5. The SMILES string of the molecule is NC1=N[C@H]2c3ccccc3C[C@H]2[C@H]2CC[C@H](CCc3ccccc3)N12. The predicted octanol–water partition coefficient (Wildman–Crippen LogP) is 3.69. The summed E-state index contributed by atoms with van der Waals surface area (Å²) in [6.07, 6.45) is 5.94. The van der Waals surface area contributed by atoms with Gasteiger partial charge in [-0.25, -0.2) is 4.99 Å². The van der Waals surface area contributed by atoms with Gasteiger partial charge >= 0.3 is 0 Å². The summed E-state index contributed by atoms with van der Waals surface area (Å²) < 4.78 is 0. The maximum Gasteiger partial charge on any atom is 0.192 e. The van der Waals surface area contributed by atoms with Gasteiger partial charge in [0.1, 0.15) is 0 Å². The number of nitrogens with zero attached hydrogens (tertiary/aromatic N) is 2. The molecule has 3 heteroatoms. The van der Waals surface area contributed by atoms with Crippen LogP contribution in [0.25, 0.3) is 0 Å². The molecule has 1 saturated heterocycles. The number of hydrogen-bond donors (Lipinski definition) is 1. The summed E-state index contributed by atoms with van der Waals surface area (Å²) in [7, 11) is 0. The average Bonchev–Trinajstić information content (AvgIpc) is 3.23. The van der Waals surface area contributed by atoms with Crippen LogP contribution in [0, 0.1) is 5.92 Å². The van der Waals surface area contributed by atoms with Gasteiger partial charge in [-0.3, -0.25) is 0 Å².